The molecule has 0 aliphatic carbocycles. The van der Waals surface area contributed by atoms with Gasteiger partial charge in [0.1, 0.15) is 5.78 Å². The van der Waals surface area contributed by atoms with E-state index in [0.29, 0.717) is 5.82 Å². The van der Waals surface area contributed by atoms with Crippen molar-refractivity contribution in [3.05, 3.63) is 5.82 Å². The van der Waals surface area contributed by atoms with Crippen molar-refractivity contribution in [3.63, 3.8) is 0 Å². The summed E-state index contributed by atoms with van der Waals surface area (Å²) in [5.41, 5.74) is 0. The molecule has 1 aromatic heterocycles. The molecule has 0 unspecified atom stereocenters. The van der Waals surface area contributed by atoms with Crippen LogP contribution in [0.5, 0.6) is 0 Å². The normalized spacial score (nSPS) is 8.50. The number of rotatable bonds is 2. The molecule has 56 valence electrons. The van der Waals surface area contributed by atoms with Crippen LogP contribution >= 0.6 is 12.4 Å². The molecule has 0 saturated heterocycles. The Hall–Kier alpha value is -0.970. The Kier molecular flexibility index (Phi) is 3.56. The van der Waals surface area contributed by atoms with E-state index in [-0.39, 0.29) is 24.6 Å². The van der Waals surface area contributed by atoms with Crippen molar-refractivity contribution < 1.29 is 4.79 Å². The summed E-state index contributed by atoms with van der Waals surface area (Å²) in [6, 6.07) is 0. The van der Waals surface area contributed by atoms with Gasteiger partial charge in [0.2, 0.25) is 0 Å². The van der Waals surface area contributed by atoms with E-state index in [1.54, 1.807) is 0 Å². The smallest absolute Gasteiger partial charge is 0.155 e. The number of tetrazole rings is 1. The SMILES string of the molecule is CC(=O)Cc1nnn[nH]1.Cl. The monoisotopic (exact) mass is 162 g/mol. The second kappa shape index (κ2) is 3.94. The third-order valence-electron chi connectivity index (χ3n) is 0.806. The topological polar surface area (TPSA) is 71.5 Å². The summed E-state index contributed by atoms with van der Waals surface area (Å²) in [6.45, 7) is 1.49. The fourth-order valence-corrected chi connectivity index (χ4v) is 0.489. The Balaban J connectivity index is 0.000000810. The first-order chi connectivity index (χ1) is 4.29. The zero-order valence-electron chi connectivity index (χ0n) is 5.37. The van der Waals surface area contributed by atoms with Gasteiger partial charge in [0.15, 0.2) is 5.82 Å². The highest BCUT2D eigenvalue weighted by Crippen LogP contribution is 1.84. The molecule has 10 heavy (non-hydrogen) atoms. The lowest BCUT2D eigenvalue weighted by Crippen LogP contribution is -1.97. The fraction of sp³-hybridized carbons (Fsp3) is 0.500. The van der Waals surface area contributed by atoms with Crippen LogP contribution in [-0.4, -0.2) is 26.4 Å². The number of hydrogen-bond donors (Lipinski definition) is 1. The molecule has 1 rings (SSSR count). The molecule has 0 aromatic carbocycles. The number of carbonyl (C=O) groups excluding carboxylic acids is 1. The van der Waals surface area contributed by atoms with Crippen LogP contribution in [-0.2, 0) is 11.2 Å². The number of Topliss-reactive ketones (excluding diaryl/α,β-unsaturated/α-hetero) is 1. The number of ketones is 1. The van der Waals surface area contributed by atoms with Gasteiger partial charge in [0.25, 0.3) is 0 Å². The van der Waals surface area contributed by atoms with Gasteiger partial charge < -0.3 is 0 Å². The van der Waals surface area contributed by atoms with Crippen LogP contribution in [0.4, 0.5) is 0 Å². The number of nitrogens with one attached hydrogen (secondary N) is 1. The Labute approximate surface area is 63.6 Å². The van der Waals surface area contributed by atoms with Gasteiger partial charge in [-0.05, 0) is 17.4 Å². The molecule has 0 saturated carbocycles. The number of carbonyl (C=O) groups is 1. The van der Waals surface area contributed by atoms with E-state index in [1.807, 2.05) is 0 Å². The zero-order chi connectivity index (χ0) is 6.69. The van der Waals surface area contributed by atoms with Gasteiger partial charge >= 0.3 is 0 Å². The maximum Gasteiger partial charge on any atom is 0.155 e. The molecular weight excluding hydrogens is 156 g/mol. The molecule has 1 heterocycles. The largest absolute Gasteiger partial charge is 0.300 e. The predicted molar refractivity (Wildman–Crippen MR) is 35.8 cm³/mol. The van der Waals surface area contributed by atoms with E-state index in [4.69, 9.17) is 0 Å². The lowest BCUT2D eigenvalue weighted by molar-refractivity contribution is -0.116. The lowest BCUT2D eigenvalue weighted by atomic mass is 10.3. The summed E-state index contributed by atoms with van der Waals surface area (Å²) in [6.07, 6.45) is 0.285. The predicted octanol–water partition coefficient (Wildman–Crippen LogP) is -0.247. The molecule has 0 radical (unpaired) electrons. The van der Waals surface area contributed by atoms with Gasteiger partial charge in [-0.2, -0.15) is 0 Å². The molecule has 0 bridgehead atoms. The number of nitrogens with zero attached hydrogens (tertiary/aromatic N) is 3. The second-order valence-electron chi connectivity index (χ2n) is 1.73. The molecule has 0 amide bonds. The van der Waals surface area contributed by atoms with E-state index < -0.39 is 0 Å². The van der Waals surface area contributed by atoms with Gasteiger partial charge in [-0.25, -0.2) is 5.10 Å². The van der Waals surface area contributed by atoms with Crippen molar-refractivity contribution >= 4 is 18.2 Å². The lowest BCUT2D eigenvalue weighted by Gasteiger charge is -1.83. The van der Waals surface area contributed by atoms with Gasteiger partial charge in [-0.3, -0.25) is 4.79 Å². The van der Waals surface area contributed by atoms with Crippen LogP contribution in [0.15, 0.2) is 0 Å². The van der Waals surface area contributed by atoms with Crippen LogP contribution in [0.3, 0.4) is 0 Å². The number of aromatic amines is 1. The summed E-state index contributed by atoms with van der Waals surface area (Å²) in [7, 11) is 0. The molecular formula is C4H7ClN4O. The number of H-pyrrole nitrogens is 1. The minimum absolute atomic E-state index is 0. The van der Waals surface area contributed by atoms with Crippen molar-refractivity contribution in [3.8, 4) is 0 Å². The van der Waals surface area contributed by atoms with E-state index in [2.05, 4.69) is 20.6 Å². The molecule has 0 aliphatic rings. The van der Waals surface area contributed by atoms with Crippen LogP contribution in [0, 0.1) is 0 Å². The van der Waals surface area contributed by atoms with Crippen molar-refractivity contribution in [2.24, 2.45) is 0 Å². The summed E-state index contributed by atoms with van der Waals surface area (Å²) < 4.78 is 0. The standard InChI is InChI=1S/C4H6N4O.ClH/c1-3(9)2-4-5-7-8-6-4;/h2H2,1H3,(H,5,6,7,8);1H. The van der Waals surface area contributed by atoms with Crippen LogP contribution in [0.1, 0.15) is 12.7 Å². The molecule has 1 aromatic rings. The van der Waals surface area contributed by atoms with Gasteiger partial charge in [0.05, 0.1) is 6.42 Å². The third kappa shape index (κ3) is 2.54. The van der Waals surface area contributed by atoms with Crippen molar-refractivity contribution in [2.75, 3.05) is 0 Å². The van der Waals surface area contributed by atoms with Gasteiger partial charge in [-0.1, -0.05) is 0 Å². The zero-order valence-corrected chi connectivity index (χ0v) is 6.18. The molecule has 6 heteroatoms. The number of halogens is 1. The first-order valence-corrected chi connectivity index (χ1v) is 2.51. The highest BCUT2D eigenvalue weighted by molar-refractivity contribution is 5.85. The Bertz CT molecular complexity index is 197. The van der Waals surface area contributed by atoms with Gasteiger partial charge in [-0.15, -0.1) is 17.5 Å². The quantitative estimate of drug-likeness (QED) is 0.651. The van der Waals surface area contributed by atoms with Crippen LogP contribution < -0.4 is 0 Å². The second-order valence-corrected chi connectivity index (χ2v) is 1.73. The Morgan fingerprint density at radius 1 is 1.70 bits per heavy atom. The average Bonchev–Trinajstić information content (AvgIpc) is 2.15. The molecule has 0 atom stereocenters. The van der Waals surface area contributed by atoms with E-state index in [0.717, 1.165) is 0 Å². The van der Waals surface area contributed by atoms with E-state index in [1.165, 1.54) is 6.92 Å². The highest BCUT2D eigenvalue weighted by Gasteiger charge is 1.98. The van der Waals surface area contributed by atoms with Crippen molar-refractivity contribution in [1.82, 2.24) is 20.6 Å². The molecule has 0 aliphatic heterocycles. The molecule has 0 fully saturated rings. The number of hydrogen-bond acceptors (Lipinski definition) is 4. The average molecular weight is 163 g/mol. The maximum absolute atomic E-state index is 10.4. The van der Waals surface area contributed by atoms with Crippen molar-refractivity contribution in [1.29, 1.82) is 0 Å². The maximum atomic E-state index is 10.4. The molecule has 1 N–H and O–H groups in total. The van der Waals surface area contributed by atoms with E-state index in [9.17, 15) is 4.79 Å². The van der Waals surface area contributed by atoms with Gasteiger partial charge in [0, 0.05) is 0 Å². The third-order valence-corrected chi connectivity index (χ3v) is 0.806. The summed E-state index contributed by atoms with van der Waals surface area (Å²) in [5.74, 6) is 0.566. The Morgan fingerprint density at radius 2 is 2.40 bits per heavy atom. The first kappa shape index (κ1) is 9.03. The summed E-state index contributed by atoms with van der Waals surface area (Å²) >= 11 is 0. The first-order valence-electron chi connectivity index (χ1n) is 2.51. The number of aromatic nitrogens is 4. The molecule has 5 nitrogen and oxygen atoms in total. The van der Waals surface area contributed by atoms with Crippen LogP contribution in [0.25, 0.3) is 0 Å². The Morgan fingerprint density at radius 3 is 2.80 bits per heavy atom. The highest BCUT2D eigenvalue weighted by atomic mass is 35.5. The summed E-state index contributed by atoms with van der Waals surface area (Å²) in [5, 5.41) is 12.6. The minimum atomic E-state index is 0. The van der Waals surface area contributed by atoms with Crippen molar-refractivity contribution in [2.45, 2.75) is 13.3 Å². The fourth-order valence-electron chi connectivity index (χ4n) is 0.489. The molecule has 0 spiro atoms. The summed E-state index contributed by atoms with van der Waals surface area (Å²) in [4.78, 5) is 10.4. The minimum Gasteiger partial charge on any atom is -0.300 e. The van der Waals surface area contributed by atoms with Crippen LogP contribution in [0.2, 0.25) is 0 Å². The van der Waals surface area contributed by atoms with E-state index >= 15 is 0 Å².